The molecule has 7 nitrogen and oxygen atoms in total. The first-order valence-electron chi connectivity index (χ1n) is 5.11. The minimum atomic E-state index is -3.34. The average Bonchev–Trinajstić information content (AvgIpc) is 2.50. The SMILES string of the molecule is CC1(n2c(O)c(F)c(=O)[nH]c2=O)CCS(=O)(=O)C1. The van der Waals surface area contributed by atoms with Crippen molar-refractivity contribution in [3.05, 3.63) is 26.7 Å². The largest absolute Gasteiger partial charge is 0.492 e. The zero-order chi connectivity index (χ0) is 13.7. The molecule has 0 radical (unpaired) electrons. The second-order valence-electron chi connectivity index (χ2n) is 4.57. The minimum Gasteiger partial charge on any atom is -0.492 e. The number of sulfone groups is 1. The van der Waals surface area contributed by atoms with Gasteiger partial charge in [-0.15, -0.1) is 0 Å². The van der Waals surface area contributed by atoms with Gasteiger partial charge in [0.1, 0.15) is 0 Å². The first-order valence-corrected chi connectivity index (χ1v) is 6.93. The first-order chi connectivity index (χ1) is 8.16. The summed E-state index contributed by atoms with van der Waals surface area (Å²) in [7, 11) is -3.34. The van der Waals surface area contributed by atoms with Crippen LogP contribution < -0.4 is 11.2 Å². The highest BCUT2D eigenvalue weighted by molar-refractivity contribution is 7.91. The van der Waals surface area contributed by atoms with Gasteiger partial charge >= 0.3 is 5.69 Å². The Hall–Kier alpha value is -1.64. The predicted molar refractivity (Wildman–Crippen MR) is 59.9 cm³/mol. The molecule has 0 aliphatic carbocycles. The van der Waals surface area contributed by atoms with E-state index in [4.69, 9.17) is 0 Å². The molecule has 1 unspecified atom stereocenters. The molecule has 2 rings (SSSR count). The Morgan fingerprint density at radius 1 is 1.44 bits per heavy atom. The third-order valence-electron chi connectivity index (χ3n) is 3.05. The number of hydrogen-bond donors (Lipinski definition) is 2. The van der Waals surface area contributed by atoms with Crippen LogP contribution in [0.2, 0.25) is 0 Å². The average molecular weight is 278 g/mol. The van der Waals surface area contributed by atoms with Crippen LogP contribution in [-0.4, -0.2) is 34.6 Å². The van der Waals surface area contributed by atoms with Crippen molar-refractivity contribution in [3.63, 3.8) is 0 Å². The van der Waals surface area contributed by atoms with Crippen LogP contribution in [0.3, 0.4) is 0 Å². The summed E-state index contributed by atoms with van der Waals surface area (Å²) in [5, 5.41) is 9.53. The number of halogens is 1. The van der Waals surface area contributed by atoms with E-state index in [9.17, 15) is 27.5 Å². The maximum absolute atomic E-state index is 13.3. The van der Waals surface area contributed by atoms with Crippen LogP contribution in [0.25, 0.3) is 0 Å². The van der Waals surface area contributed by atoms with Gasteiger partial charge in [0.15, 0.2) is 9.84 Å². The molecule has 0 amide bonds. The Morgan fingerprint density at radius 2 is 2.06 bits per heavy atom. The Labute approximate surface area is 101 Å². The molecule has 0 spiro atoms. The van der Waals surface area contributed by atoms with Gasteiger partial charge in [-0.25, -0.2) is 13.2 Å². The molecule has 18 heavy (non-hydrogen) atoms. The molecule has 1 aliphatic heterocycles. The highest BCUT2D eigenvalue weighted by Gasteiger charge is 2.42. The lowest BCUT2D eigenvalue weighted by Gasteiger charge is -2.25. The minimum absolute atomic E-state index is 0.0638. The second kappa shape index (κ2) is 3.67. The van der Waals surface area contributed by atoms with Gasteiger partial charge in [0, 0.05) is 0 Å². The molecule has 0 saturated carbocycles. The Balaban J connectivity index is 2.71. The quantitative estimate of drug-likeness (QED) is 0.678. The molecule has 1 aromatic heterocycles. The van der Waals surface area contributed by atoms with Crippen molar-refractivity contribution in [2.45, 2.75) is 18.9 Å². The lowest BCUT2D eigenvalue weighted by atomic mass is 10.0. The summed E-state index contributed by atoms with van der Waals surface area (Å²) >= 11 is 0. The molecule has 0 bridgehead atoms. The Kier molecular flexibility index (Phi) is 2.61. The fraction of sp³-hybridized carbons (Fsp3) is 0.556. The van der Waals surface area contributed by atoms with E-state index < -0.39 is 38.3 Å². The summed E-state index contributed by atoms with van der Waals surface area (Å²) in [4.78, 5) is 24.2. The van der Waals surface area contributed by atoms with Crippen molar-refractivity contribution in [2.24, 2.45) is 0 Å². The van der Waals surface area contributed by atoms with Gasteiger partial charge in [-0.05, 0) is 13.3 Å². The molecule has 1 saturated heterocycles. The normalized spacial score (nSPS) is 26.3. The summed E-state index contributed by atoms with van der Waals surface area (Å²) in [6.45, 7) is 1.41. The van der Waals surface area contributed by atoms with Crippen LogP contribution >= 0.6 is 0 Å². The maximum atomic E-state index is 13.3. The van der Waals surface area contributed by atoms with E-state index in [-0.39, 0.29) is 17.9 Å². The number of nitrogens with zero attached hydrogens (tertiary/aromatic N) is 1. The van der Waals surface area contributed by atoms with Crippen LogP contribution in [0.5, 0.6) is 5.88 Å². The molecule has 100 valence electrons. The van der Waals surface area contributed by atoms with Gasteiger partial charge in [-0.3, -0.25) is 14.3 Å². The summed E-state index contributed by atoms with van der Waals surface area (Å²) < 4.78 is 36.7. The fourth-order valence-corrected chi connectivity index (χ4v) is 4.29. The van der Waals surface area contributed by atoms with Crippen LogP contribution in [0.1, 0.15) is 13.3 Å². The molecule has 1 fully saturated rings. The van der Waals surface area contributed by atoms with Crippen molar-refractivity contribution in [1.29, 1.82) is 0 Å². The third-order valence-corrected chi connectivity index (χ3v) is 4.94. The van der Waals surface area contributed by atoms with E-state index in [1.807, 2.05) is 0 Å². The summed E-state index contributed by atoms with van der Waals surface area (Å²) in [6.07, 6.45) is 0.0638. The molecule has 2 N–H and O–H groups in total. The van der Waals surface area contributed by atoms with E-state index >= 15 is 0 Å². The number of aromatic amines is 1. The number of aromatic nitrogens is 2. The van der Waals surface area contributed by atoms with Crippen LogP contribution in [0, 0.1) is 5.82 Å². The van der Waals surface area contributed by atoms with Crippen molar-refractivity contribution < 1.29 is 17.9 Å². The Morgan fingerprint density at radius 3 is 2.56 bits per heavy atom. The van der Waals surface area contributed by atoms with E-state index in [1.165, 1.54) is 6.92 Å². The number of nitrogens with one attached hydrogen (secondary N) is 1. The molecule has 1 aliphatic rings. The van der Waals surface area contributed by atoms with Gasteiger partial charge in [0.2, 0.25) is 11.7 Å². The lowest BCUT2D eigenvalue weighted by Crippen LogP contribution is -2.44. The van der Waals surface area contributed by atoms with Gasteiger partial charge in [-0.2, -0.15) is 4.39 Å². The van der Waals surface area contributed by atoms with E-state index in [0.29, 0.717) is 4.57 Å². The topological polar surface area (TPSA) is 109 Å². The maximum Gasteiger partial charge on any atom is 0.331 e. The van der Waals surface area contributed by atoms with Gasteiger partial charge < -0.3 is 5.11 Å². The smallest absolute Gasteiger partial charge is 0.331 e. The molecule has 0 aromatic carbocycles. The molecule has 9 heteroatoms. The molecule has 2 heterocycles. The third kappa shape index (κ3) is 1.84. The molecule has 1 atom stereocenters. The zero-order valence-electron chi connectivity index (χ0n) is 9.43. The second-order valence-corrected chi connectivity index (χ2v) is 6.76. The fourth-order valence-electron chi connectivity index (χ4n) is 2.17. The van der Waals surface area contributed by atoms with E-state index in [1.54, 1.807) is 4.98 Å². The Bertz CT molecular complexity index is 719. The monoisotopic (exact) mass is 278 g/mol. The number of H-pyrrole nitrogens is 1. The summed E-state index contributed by atoms with van der Waals surface area (Å²) in [5.74, 6) is -3.18. The van der Waals surface area contributed by atoms with Crippen LogP contribution in [0.4, 0.5) is 4.39 Å². The van der Waals surface area contributed by atoms with Gasteiger partial charge in [0.05, 0.1) is 17.0 Å². The lowest BCUT2D eigenvalue weighted by molar-refractivity contribution is 0.272. The van der Waals surface area contributed by atoms with Gasteiger partial charge in [0.25, 0.3) is 5.56 Å². The van der Waals surface area contributed by atoms with Crippen molar-refractivity contribution in [1.82, 2.24) is 9.55 Å². The van der Waals surface area contributed by atoms with Crippen molar-refractivity contribution >= 4 is 9.84 Å². The van der Waals surface area contributed by atoms with Crippen molar-refractivity contribution in [3.8, 4) is 5.88 Å². The van der Waals surface area contributed by atoms with E-state index in [0.717, 1.165) is 0 Å². The van der Waals surface area contributed by atoms with E-state index in [2.05, 4.69) is 0 Å². The van der Waals surface area contributed by atoms with Gasteiger partial charge in [-0.1, -0.05) is 0 Å². The summed E-state index contributed by atoms with van der Waals surface area (Å²) in [6, 6.07) is 0. The van der Waals surface area contributed by atoms with Crippen LogP contribution in [0.15, 0.2) is 9.59 Å². The highest BCUT2D eigenvalue weighted by atomic mass is 32.2. The summed E-state index contributed by atoms with van der Waals surface area (Å²) in [5.41, 5.74) is -3.62. The van der Waals surface area contributed by atoms with Crippen molar-refractivity contribution in [2.75, 3.05) is 11.5 Å². The number of rotatable bonds is 1. The number of hydrogen-bond acceptors (Lipinski definition) is 5. The number of aromatic hydroxyl groups is 1. The predicted octanol–water partition coefficient (Wildman–Crippen LogP) is -1.09. The standard InChI is InChI=1S/C9H11FN2O5S/c1-9(2-3-18(16,17)4-9)12-7(14)5(10)6(13)11-8(12)15/h14H,2-4H2,1H3,(H,11,13,15). The molecular formula is C9H11FN2O5S. The molecular weight excluding hydrogens is 267 g/mol. The highest BCUT2D eigenvalue weighted by Crippen LogP contribution is 2.32. The zero-order valence-corrected chi connectivity index (χ0v) is 10.3. The first kappa shape index (κ1) is 12.8. The van der Waals surface area contributed by atoms with Crippen LogP contribution in [-0.2, 0) is 15.4 Å². The molecule has 1 aromatic rings.